The normalized spacial score (nSPS) is 17.0. The fourth-order valence-electron chi connectivity index (χ4n) is 2.03. The van der Waals surface area contributed by atoms with Crippen molar-refractivity contribution in [1.29, 1.82) is 0 Å². The van der Waals surface area contributed by atoms with E-state index in [4.69, 9.17) is 4.74 Å². The Bertz CT molecular complexity index is 606. The molecule has 112 valence electrons. The molecule has 2 N–H and O–H groups in total. The molecule has 0 saturated heterocycles. The lowest BCUT2D eigenvalue weighted by Crippen LogP contribution is -2.32. The van der Waals surface area contributed by atoms with Gasteiger partial charge in [0.25, 0.3) is 0 Å². The molecule has 0 aliphatic heterocycles. The number of sulfonamides is 1. The minimum Gasteiger partial charge on any atom is -0.495 e. The highest BCUT2D eigenvalue weighted by atomic mass is 32.2. The van der Waals surface area contributed by atoms with Crippen LogP contribution in [-0.2, 0) is 10.0 Å². The van der Waals surface area contributed by atoms with Crippen molar-refractivity contribution in [2.75, 3.05) is 20.3 Å². The Morgan fingerprint density at radius 2 is 1.90 bits per heavy atom. The molecular weight excluding hydrogens is 278 g/mol. The average Bonchev–Trinajstić information content (AvgIpc) is 3.20. The summed E-state index contributed by atoms with van der Waals surface area (Å²) in [6.07, 6.45) is 1.71. The van der Waals surface area contributed by atoms with Gasteiger partial charge in [-0.05, 0) is 49.9 Å². The van der Waals surface area contributed by atoms with Crippen molar-refractivity contribution in [1.82, 2.24) is 4.72 Å². The first-order valence-corrected chi connectivity index (χ1v) is 8.08. The van der Waals surface area contributed by atoms with Crippen LogP contribution in [0.5, 0.6) is 5.75 Å². The van der Waals surface area contributed by atoms with Gasteiger partial charge in [0.15, 0.2) is 0 Å². The number of ether oxygens (including phenoxy) is 1. The first kappa shape index (κ1) is 15.3. The number of rotatable bonds is 6. The van der Waals surface area contributed by atoms with E-state index >= 15 is 0 Å². The molecule has 1 aliphatic carbocycles. The van der Waals surface area contributed by atoms with Crippen LogP contribution in [0.2, 0.25) is 0 Å². The van der Waals surface area contributed by atoms with E-state index in [-0.39, 0.29) is 23.5 Å². The lowest BCUT2D eigenvalue weighted by atomic mass is 10.1. The van der Waals surface area contributed by atoms with Crippen LogP contribution in [0.1, 0.15) is 24.0 Å². The topological polar surface area (TPSA) is 75.6 Å². The van der Waals surface area contributed by atoms with Gasteiger partial charge in [0.1, 0.15) is 10.6 Å². The van der Waals surface area contributed by atoms with E-state index in [0.717, 1.165) is 24.0 Å². The molecule has 0 aromatic heterocycles. The zero-order valence-corrected chi connectivity index (χ0v) is 12.9. The summed E-state index contributed by atoms with van der Waals surface area (Å²) in [5.74, 6) is 0.342. The molecule has 0 radical (unpaired) electrons. The third-order valence-electron chi connectivity index (χ3n) is 4.00. The summed E-state index contributed by atoms with van der Waals surface area (Å²) >= 11 is 0. The van der Waals surface area contributed by atoms with Crippen molar-refractivity contribution in [3.8, 4) is 5.75 Å². The molecule has 0 atom stereocenters. The highest BCUT2D eigenvalue weighted by molar-refractivity contribution is 7.89. The fourth-order valence-corrected chi connectivity index (χ4v) is 3.42. The number of hydrogen-bond acceptors (Lipinski definition) is 4. The number of benzene rings is 1. The second-order valence-electron chi connectivity index (χ2n) is 5.57. The number of aliphatic hydroxyl groups is 1. The molecule has 0 amide bonds. The molecule has 5 nitrogen and oxygen atoms in total. The van der Waals surface area contributed by atoms with Crippen LogP contribution in [0.25, 0.3) is 0 Å². The van der Waals surface area contributed by atoms with Gasteiger partial charge in [-0.2, -0.15) is 0 Å². The van der Waals surface area contributed by atoms with Gasteiger partial charge in [-0.25, -0.2) is 13.1 Å². The predicted octanol–water partition coefficient (Wildman–Crippen LogP) is 1.36. The van der Waals surface area contributed by atoms with Gasteiger partial charge in [-0.3, -0.25) is 0 Å². The molecular formula is C14H21NO4S. The molecule has 1 saturated carbocycles. The lowest BCUT2D eigenvalue weighted by Gasteiger charge is -2.16. The van der Waals surface area contributed by atoms with Crippen molar-refractivity contribution in [3.63, 3.8) is 0 Å². The largest absolute Gasteiger partial charge is 0.495 e. The Morgan fingerprint density at radius 3 is 2.40 bits per heavy atom. The average molecular weight is 299 g/mol. The van der Waals surface area contributed by atoms with Gasteiger partial charge in [0.2, 0.25) is 10.0 Å². The summed E-state index contributed by atoms with van der Waals surface area (Å²) in [7, 11) is -2.17. The molecule has 20 heavy (non-hydrogen) atoms. The fraction of sp³-hybridized carbons (Fsp3) is 0.571. The molecule has 0 heterocycles. The van der Waals surface area contributed by atoms with Crippen LogP contribution < -0.4 is 9.46 Å². The van der Waals surface area contributed by atoms with Gasteiger partial charge in [0.05, 0.1) is 7.11 Å². The maximum atomic E-state index is 12.4. The van der Waals surface area contributed by atoms with E-state index < -0.39 is 10.0 Å². The monoisotopic (exact) mass is 299 g/mol. The molecule has 6 heteroatoms. The summed E-state index contributed by atoms with van der Waals surface area (Å²) in [6, 6.07) is 3.35. The van der Waals surface area contributed by atoms with Crippen LogP contribution >= 0.6 is 0 Å². The molecule has 1 aromatic rings. The summed E-state index contributed by atoms with van der Waals surface area (Å²) in [5, 5.41) is 9.25. The van der Waals surface area contributed by atoms with Gasteiger partial charge < -0.3 is 9.84 Å². The molecule has 1 aliphatic rings. The van der Waals surface area contributed by atoms with Crippen LogP contribution in [-0.4, -0.2) is 33.8 Å². The minimum absolute atomic E-state index is 0.0135. The maximum Gasteiger partial charge on any atom is 0.244 e. The van der Waals surface area contributed by atoms with Crippen molar-refractivity contribution in [3.05, 3.63) is 23.3 Å². The van der Waals surface area contributed by atoms with E-state index in [1.165, 1.54) is 7.11 Å². The highest BCUT2D eigenvalue weighted by Crippen LogP contribution is 2.44. The summed E-state index contributed by atoms with van der Waals surface area (Å²) in [5.41, 5.74) is 1.62. The van der Waals surface area contributed by atoms with E-state index in [9.17, 15) is 13.5 Å². The van der Waals surface area contributed by atoms with E-state index in [0.29, 0.717) is 5.75 Å². The van der Waals surface area contributed by atoms with Crippen molar-refractivity contribution >= 4 is 10.0 Å². The minimum atomic E-state index is -3.63. The number of aryl methyl sites for hydroxylation is 2. The van der Waals surface area contributed by atoms with Gasteiger partial charge in [-0.15, -0.1) is 0 Å². The summed E-state index contributed by atoms with van der Waals surface area (Å²) < 4.78 is 32.5. The first-order valence-electron chi connectivity index (χ1n) is 6.59. The van der Waals surface area contributed by atoms with E-state index in [2.05, 4.69) is 4.72 Å². The van der Waals surface area contributed by atoms with Gasteiger partial charge in [0, 0.05) is 18.6 Å². The lowest BCUT2D eigenvalue weighted by molar-refractivity contribution is 0.213. The summed E-state index contributed by atoms with van der Waals surface area (Å²) in [6.45, 7) is 4.05. The Labute approximate surface area is 120 Å². The van der Waals surface area contributed by atoms with Crippen molar-refractivity contribution in [2.45, 2.75) is 31.6 Å². The first-order chi connectivity index (χ1) is 9.33. The second-order valence-corrected chi connectivity index (χ2v) is 7.31. The quantitative estimate of drug-likeness (QED) is 0.831. The van der Waals surface area contributed by atoms with Crippen LogP contribution in [0.4, 0.5) is 0 Å². The standard InChI is InChI=1S/C14H21NO4S/c1-10-6-12(19-3)13(7-11(10)2)20(17,18)15-8-14(9-16)4-5-14/h6-7,15-16H,4-5,8-9H2,1-3H3. The molecule has 0 bridgehead atoms. The van der Waals surface area contributed by atoms with E-state index in [1.54, 1.807) is 12.1 Å². The maximum absolute atomic E-state index is 12.4. The number of aliphatic hydroxyl groups excluding tert-OH is 1. The molecule has 0 unspecified atom stereocenters. The van der Waals surface area contributed by atoms with Gasteiger partial charge in [-0.1, -0.05) is 0 Å². The smallest absolute Gasteiger partial charge is 0.244 e. The van der Waals surface area contributed by atoms with Crippen molar-refractivity contribution < 1.29 is 18.3 Å². The Kier molecular flexibility index (Phi) is 4.09. The molecule has 0 spiro atoms. The summed E-state index contributed by atoms with van der Waals surface area (Å²) in [4.78, 5) is 0.150. The Morgan fingerprint density at radius 1 is 1.30 bits per heavy atom. The van der Waals surface area contributed by atoms with Crippen LogP contribution in [0, 0.1) is 19.3 Å². The van der Waals surface area contributed by atoms with E-state index in [1.807, 2.05) is 13.8 Å². The third kappa shape index (κ3) is 2.97. The zero-order chi connectivity index (χ0) is 15.0. The Hall–Kier alpha value is -1.11. The number of nitrogens with one attached hydrogen (secondary N) is 1. The zero-order valence-electron chi connectivity index (χ0n) is 12.1. The van der Waals surface area contributed by atoms with Gasteiger partial charge >= 0.3 is 0 Å². The molecule has 1 fully saturated rings. The van der Waals surface area contributed by atoms with Crippen LogP contribution in [0.3, 0.4) is 0 Å². The second kappa shape index (κ2) is 5.35. The SMILES string of the molecule is COc1cc(C)c(C)cc1S(=O)(=O)NCC1(CO)CC1. The predicted molar refractivity (Wildman–Crippen MR) is 76.4 cm³/mol. The number of hydrogen-bond donors (Lipinski definition) is 2. The third-order valence-corrected chi connectivity index (χ3v) is 5.42. The molecule has 2 rings (SSSR count). The van der Waals surface area contributed by atoms with Crippen LogP contribution in [0.15, 0.2) is 17.0 Å². The number of methoxy groups -OCH3 is 1. The highest BCUT2D eigenvalue weighted by Gasteiger charge is 2.42. The Balaban J connectivity index is 2.27. The van der Waals surface area contributed by atoms with Crippen molar-refractivity contribution in [2.24, 2.45) is 5.41 Å². The molecule has 1 aromatic carbocycles.